The number of carbonyl (C=O) groups excluding carboxylic acids is 1. The summed E-state index contributed by atoms with van der Waals surface area (Å²) in [6.07, 6.45) is 1.06. The standard InChI is InChI=1S/C20H25F2N7O2S/c1-25-18(29-7-5-28(6-8-29)9-10-30)14(11-23)26-19(31)16-17(24)32-20(27-16)15-12(21)3-2-4-13(15)22/h2-4,11,14,23,30H,5-10,24H2,1H3,(H,26,31). The summed E-state index contributed by atoms with van der Waals surface area (Å²) in [7, 11) is 1.58. The molecule has 1 aromatic carbocycles. The molecule has 9 nitrogen and oxygen atoms in total. The maximum atomic E-state index is 14.1. The van der Waals surface area contributed by atoms with Crippen LogP contribution < -0.4 is 11.1 Å². The highest BCUT2D eigenvalue weighted by Gasteiger charge is 2.28. The number of aliphatic imine (C=N–C) groups is 1. The first-order valence-electron chi connectivity index (χ1n) is 9.96. The van der Waals surface area contributed by atoms with Gasteiger partial charge in [0.1, 0.15) is 33.5 Å². The number of amidine groups is 1. The second-order valence-electron chi connectivity index (χ2n) is 7.08. The molecule has 12 heteroatoms. The van der Waals surface area contributed by atoms with Gasteiger partial charge in [0, 0.05) is 46.0 Å². The number of nitrogens with zero attached hydrogens (tertiary/aromatic N) is 4. The molecule has 0 bridgehead atoms. The number of benzene rings is 1. The predicted molar refractivity (Wildman–Crippen MR) is 120 cm³/mol. The van der Waals surface area contributed by atoms with E-state index in [0.717, 1.165) is 42.8 Å². The van der Waals surface area contributed by atoms with Crippen LogP contribution in [0, 0.1) is 17.0 Å². The van der Waals surface area contributed by atoms with Gasteiger partial charge in [0.25, 0.3) is 5.91 Å². The number of nitrogen functional groups attached to an aromatic ring is 1. The fraction of sp³-hybridized carbons (Fsp3) is 0.400. The number of hydrogen-bond donors (Lipinski definition) is 4. The molecule has 1 amide bonds. The number of aliphatic hydroxyl groups excluding tert-OH is 1. The molecule has 1 aliphatic heterocycles. The molecule has 1 aliphatic rings. The molecule has 0 radical (unpaired) electrons. The summed E-state index contributed by atoms with van der Waals surface area (Å²) in [4.78, 5) is 25.2. The fourth-order valence-corrected chi connectivity index (χ4v) is 4.39. The Morgan fingerprint density at radius 3 is 2.59 bits per heavy atom. The SMILES string of the molecule is CN=C(C(C=N)NC(=O)c1nc(-c2c(F)cccc2F)sc1N)N1CCN(CCO)CC1. The third-order valence-electron chi connectivity index (χ3n) is 5.12. The Hall–Kier alpha value is -2.96. The summed E-state index contributed by atoms with van der Waals surface area (Å²) in [5.41, 5.74) is 5.41. The normalized spacial score (nSPS) is 16.1. The Bertz CT molecular complexity index is 986. The summed E-state index contributed by atoms with van der Waals surface area (Å²) in [5, 5.41) is 19.5. The Morgan fingerprint density at radius 2 is 2.03 bits per heavy atom. The number of piperazine rings is 1. The predicted octanol–water partition coefficient (Wildman–Crippen LogP) is 1.06. The lowest BCUT2D eigenvalue weighted by atomic mass is 10.2. The minimum atomic E-state index is -0.827. The van der Waals surface area contributed by atoms with Gasteiger partial charge in [0.15, 0.2) is 5.69 Å². The van der Waals surface area contributed by atoms with E-state index < -0.39 is 23.6 Å². The van der Waals surface area contributed by atoms with E-state index in [2.05, 4.69) is 20.2 Å². The zero-order valence-corrected chi connectivity index (χ0v) is 18.3. The average molecular weight is 466 g/mol. The van der Waals surface area contributed by atoms with Crippen molar-refractivity contribution in [2.45, 2.75) is 6.04 Å². The van der Waals surface area contributed by atoms with E-state index in [1.165, 1.54) is 6.07 Å². The van der Waals surface area contributed by atoms with E-state index in [9.17, 15) is 13.6 Å². The third-order valence-corrected chi connectivity index (χ3v) is 6.02. The quantitative estimate of drug-likeness (QED) is 0.357. The Kier molecular flexibility index (Phi) is 7.83. The smallest absolute Gasteiger partial charge is 0.273 e. The number of amides is 1. The van der Waals surface area contributed by atoms with Crippen LogP contribution in [0.3, 0.4) is 0 Å². The van der Waals surface area contributed by atoms with Crippen LogP contribution in [0.2, 0.25) is 0 Å². The molecule has 2 aromatic rings. The highest BCUT2D eigenvalue weighted by molar-refractivity contribution is 7.19. The molecule has 1 fully saturated rings. The van der Waals surface area contributed by atoms with Gasteiger partial charge in [-0.3, -0.25) is 14.7 Å². The first-order chi connectivity index (χ1) is 15.4. The van der Waals surface area contributed by atoms with Crippen molar-refractivity contribution in [2.75, 3.05) is 52.1 Å². The third kappa shape index (κ3) is 5.09. The summed E-state index contributed by atoms with van der Waals surface area (Å²) in [5.74, 6) is -1.77. The van der Waals surface area contributed by atoms with Crippen LogP contribution in [0.1, 0.15) is 10.5 Å². The molecule has 172 valence electrons. The zero-order chi connectivity index (χ0) is 23.3. The maximum Gasteiger partial charge on any atom is 0.273 e. The molecule has 1 atom stereocenters. The summed E-state index contributed by atoms with van der Waals surface area (Å²) >= 11 is 0.808. The van der Waals surface area contributed by atoms with Gasteiger partial charge in [-0.1, -0.05) is 17.4 Å². The molecule has 32 heavy (non-hydrogen) atoms. The number of aromatic nitrogens is 1. The van der Waals surface area contributed by atoms with E-state index in [0.29, 0.717) is 25.5 Å². The minimum absolute atomic E-state index is 0.0106. The van der Waals surface area contributed by atoms with Gasteiger partial charge in [-0.25, -0.2) is 13.8 Å². The number of rotatable bonds is 7. The number of carbonyl (C=O) groups is 1. The molecule has 0 spiro atoms. The molecule has 1 saturated heterocycles. The summed E-state index contributed by atoms with van der Waals surface area (Å²) < 4.78 is 28.2. The van der Waals surface area contributed by atoms with Gasteiger partial charge in [-0.2, -0.15) is 0 Å². The van der Waals surface area contributed by atoms with Crippen molar-refractivity contribution in [3.63, 3.8) is 0 Å². The van der Waals surface area contributed by atoms with Gasteiger partial charge in [0.2, 0.25) is 0 Å². The molecule has 5 N–H and O–H groups in total. The number of nitrogens with two attached hydrogens (primary N) is 1. The van der Waals surface area contributed by atoms with Crippen LogP contribution in [0.15, 0.2) is 23.2 Å². The first-order valence-corrected chi connectivity index (χ1v) is 10.8. The molecule has 1 aromatic heterocycles. The Morgan fingerprint density at radius 1 is 1.38 bits per heavy atom. The number of nitrogens with one attached hydrogen (secondary N) is 2. The van der Waals surface area contributed by atoms with Crippen LogP contribution >= 0.6 is 11.3 Å². The first kappa shape index (κ1) is 23.7. The van der Waals surface area contributed by atoms with Gasteiger partial charge in [-0.05, 0) is 12.1 Å². The lowest BCUT2D eigenvalue weighted by molar-refractivity contribution is 0.0947. The molecule has 2 heterocycles. The monoisotopic (exact) mass is 465 g/mol. The lowest BCUT2D eigenvalue weighted by Gasteiger charge is -2.37. The van der Waals surface area contributed by atoms with Crippen molar-refractivity contribution in [1.82, 2.24) is 20.1 Å². The molecular formula is C20H25F2N7O2S. The number of aliphatic hydroxyl groups is 1. The van der Waals surface area contributed by atoms with Crippen molar-refractivity contribution in [3.8, 4) is 10.6 Å². The highest BCUT2D eigenvalue weighted by Crippen LogP contribution is 2.33. The van der Waals surface area contributed by atoms with E-state index >= 15 is 0 Å². The van der Waals surface area contributed by atoms with Crippen molar-refractivity contribution in [3.05, 3.63) is 35.5 Å². The van der Waals surface area contributed by atoms with Crippen LogP contribution in [0.4, 0.5) is 13.8 Å². The molecule has 3 rings (SSSR count). The number of β-amino-alcohol motifs (C(OH)–C–C–N with tert-alkyl or cyclic N) is 1. The topological polar surface area (TPSA) is 131 Å². The van der Waals surface area contributed by atoms with E-state index in [4.69, 9.17) is 16.2 Å². The molecular weight excluding hydrogens is 440 g/mol. The molecule has 0 aliphatic carbocycles. The van der Waals surface area contributed by atoms with Gasteiger partial charge < -0.3 is 26.5 Å². The minimum Gasteiger partial charge on any atom is -0.395 e. The van der Waals surface area contributed by atoms with Gasteiger partial charge >= 0.3 is 0 Å². The number of thiazole rings is 1. The molecule has 0 saturated carbocycles. The van der Waals surface area contributed by atoms with Crippen molar-refractivity contribution >= 4 is 34.3 Å². The van der Waals surface area contributed by atoms with Gasteiger partial charge in [0.05, 0.1) is 12.2 Å². The number of hydrogen-bond acceptors (Lipinski definition) is 8. The van der Waals surface area contributed by atoms with E-state index in [-0.39, 0.29) is 27.9 Å². The Balaban J connectivity index is 1.75. The fourth-order valence-electron chi connectivity index (χ4n) is 3.51. The lowest BCUT2D eigenvalue weighted by Crippen LogP contribution is -2.55. The number of anilines is 1. The van der Waals surface area contributed by atoms with E-state index in [1.807, 2.05) is 4.90 Å². The number of halogens is 2. The average Bonchev–Trinajstić information content (AvgIpc) is 3.15. The van der Waals surface area contributed by atoms with E-state index in [1.54, 1.807) is 7.05 Å². The largest absolute Gasteiger partial charge is 0.395 e. The summed E-state index contributed by atoms with van der Waals surface area (Å²) in [6.45, 7) is 3.36. The highest BCUT2D eigenvalue weighted by atomic mass is 32.1. The van der Waals surface area contributed by atoms with Crippen molar-refractivity contribution in [1.29, 1.82) is 5.41 Å². The van der Waals surface area contributed by atoms with Crippen molar-refractivity contribution in [2.24, 2.45) is 4.99 Å². The molecule has 1 unspecified atom stereocenters. The van der Waals surface area contributed by atoms with Crippen LogP contribution in [0.5, 0.6) is 0 Å². The van der Waals surface area contributed by atoms with Crippen LogP contribution in [0.25, 0.3) is 10.6 Å². The maximum absolute atomic E-state index is 14.1. The summed E-state index contributed by atoms with van der Waals surface area (Å²) in [6, 6.07) is 2.62. The van der Waals surface area contributed by atoms with Crippen molar-refractivity contribution < 1.29 is 18.7 Å². The Labute approximate surface area is 188 Å². The second kappa shape index (κ2) is 10.6. The van der Waals surface area contributed by atoms with Crippen LogP contribution in [-0.4, -0.2) is 90.3 Å². The van der Waals surface area contributed by atoms with Crippen LogP contribution in [-0.2, 0) is 0 Å². The van der Waals surface area contributed by atoms with Gasteiger partial charge in [-0.15, -0.1) is 0 Å². The second-order valence-corrected chi connectivity index (χ2v) is 8.11. The zero-order valence-electron chi connectivity index (χ0n) is 17.5.